The number of hydrogen-bond acceptors (Lipinski definition) is 2. The number of carboxylic acid groups (broad SMARTS) is 1. The Morgan fingerprint density at radius 1 is 1.36 bits per heavy atom. The van der Waals surface area contributed by atoms with E-state index in [0.29, 0.717) is 12.5 Å². The average molecular weight is 197 g/mol. The smallest absolute Gasteiger partial charge is 0.304 e. The summed E-state index contributed by atoms with van der Waals surface area (Å²) in [7, 11) is 0. The van der Waals surface area contributed by atoms with Gasteiger partial charge in [-0.2, -0.15) is 0 Å². The minimum absolute atomic E-state index is 0.325. The Balaban J connectivity index is 1.73. The Hall–Kier alpha value is -0.570. The van der Waals surface area contributed by atoms with Gasteiger partial charge in [0.2, 0.25) is 0 Å². The lowest BCUT2D eigenvalue weighted by molar-refractivity contribution is -0.138. The molecule has 1 aliphatic carbocycles. The summed E-state index contributed by atoms with van der Waals surface area (Å²) >= 11 is 0. The normalized spacial score (nSPS) is 28.1. The highest BCUT2D eigenvalue weighted by molar-refractivity contribution is 5.67. The van der Waals surface area contributed by atoms with Crippen molar-refractivity contribution in [3.8, 4) is 0 Å². The molecule has 1 aliphatic heterocycles. The van der Waals surface area contributed by atoms with Gasteiger partial charge >= 0.3 is 5.97 Å². The molecule has 3 heteroatoms. The Kier molecular flexibility index (Phi) is 3.06. The molecular formula is C11H19NO2. The Bertz CT molecular complexity index is 213. The molecule has 1 saturated heterocycles. The van der Waals surface area contributed by atoms with Gasteiger partial charge in [-0.05, 0) is 38.3 Å². The summed E-state index contributed by atoms with van der Waals surface area (Å²) in [5, 5.41) is 8.75. The first-order valence-electron chi connectivity index (χ1n) is 5.71. The zero-order chi connectivity index (χ0) is 9.97. The number of aliphatic carboxylic acids is 1. The maximum absolute atomic E-state index is 10.6. The van der Waals surface area contributed by atoms with Crippen molar-refractivity contribution in [1.82, 2.24) is 4.90 Å². The lowest BCUT2D eigenvalue weighted by Crippen LogP contribution is -2.32. The molecule has 1 heterocycles. The van der Waals surface area contributed by atoms with Crippen molar-refractivity contribution >= 4 is 5.97 Å². The predicted molar refractivity (Wildman–Crippen MR) is 54.2 cm³/mol. The molecule has 1 atom stereocenters. The molecule has 0 radical (unpaired) electrons. The van der Waals surface area contributed by atoms with Crippen LogP contribution in [0.15, 0.2) is 0 Å². The van der Waals surface area contributed by atoms with Crippen molar-refractivity contribution < 1.29 is 9.90 Å². The van der Waals surface area contributed by atoms with Gasteiger partial charge in [-0.15, -0.1) is 0 Å². The number of likely N-dealkylation sites (tertiary alicyclic amines) is 1. The van der Waals surface area contributed by atoms with Crippen molar-refractivity contribution in [2.45, 2.75) is 44.6 Å². The largest absolute Gasteiger partial charge is 0.481 e. The van der Waals surface area contributed by atoms with E-state index in [0.717, 1.165) is 25.4 Å². The van der Waals surface area contributed by atoms with Crippen LogP contribution in [0.2, 0.25) is 0 Å². The van der Waals surface area contributed by atoms with E-state index in [1.54, 1.807) is 0 Å². The van der Waals surface area contributed by atoms with E-state index < -0.39 is 5.97 Å². The SMILES string of the molecule is O=C(O)CC1CCCN1CCC1CC1. The highest BCUT2D eigenvalue weighted by Crippen LogP contribution is 2.33. The van der Waals surface area contributed by atoms with Gasteiger partial charge in [-0.3, -0.25) is 9.69 Å². The van der Waals surface area contributed by atoms with Crippen LogP contribution < -0.4 is 0 Å². The second kappa shape index (κ2) is 4.30. The molecule has 2 aliphatic rings. The second-order valence-electron chi connectivity index (χ2n) is 4.66. The number of carbonyl (C=O) groups is 1. The lowest BCUT2D eigenvalue weighted by atomic mass is 10.1. The maximum atomic E-state index is 10.6. The third-order valence-electron chi connectivity index (χ3n) is 3.43. The molecule has 2 rings (SSSR count). The predicted octanol–water partition coefficient (Wildman–Crippen LogP) is 1.73. The zero-order valence-electron chi connectivity index (χ0n) is 8.61. The van der Waals surface area contributed by atoms with E-state index in [2.05, 4.69) is 4.90 Å². The minimum atomic E-state index is -0.645. The average Bonchev–Trinajstić information content (AvgIpc) is 2.85. The fourth-order valence-electron chi connectivity index (χ4n) is 2.38. The standard InChI is InChI=1S/C11H19NO2/c13-11(14)8-10-2-1-6-12(10)7-5-9-3-4-9/h9-10H,1-8H2,(H,13,14). The number of hydrogen-bond donors (Lipinski definition) is 1. The summed E-state index contributed by atoms with van der Waals surface area (Å²) in [6.45, 7) is 2.24. The van der Waals surface area contributed by atoms with Crippen molar-refractivity contribution in [3.05, 3.63) is 0 Å². The maximum Gasteiger partial charge on any atom is 0.304 e. The van der Waals surface area contributed by atoms with Crippen LogP contribution in [0.3, 0.4) is 0 Å². The number of nitrogens with zero attached hydrogens (tertiary/aromatic N) is 1. The minimum Gasteiger partial charge on any atom is -0.481 e. The molecular weight excluding hydrogens is 178 g/mol. The van der Waals surface area contributed by atoms with E-state index in [9.17, 15) is 4.79 Å². The quantitative estimate of drug-likeness (QED) is 0.729. The lowest BCUT2D eigenvalue weighted by Gasteiger charge is -2.22. The molecule has 0 amide bonds. The Labute approximate surface area is 85.1 Å². The topological polar surface area (TPSA) is 40.5 Å². The summed E-state index contributed by atoms with van der Waals surface area (Å²) in [6, 6.07) is 0.325. The second-order valence-corrected chi connectivity index (χ2v) is 4.66. The molecule has 3 nitrogen and oxygen atoms in total. The Morgan fingerprint density at radius 2 is 2.14 bits per heavy atom. The van der Waals surface area contributed by atoms with Crippen molar-refractivity contribution in [3.63, 3.8) is 0 Å². The van der Waals surface area contributed by atoms with E-state index in [1.807, 2.05) is 0 Å². The number of rotatable bonds is 5. The molecule has 1 N–H and O–H groups in total. The van der Waals surface area contributed by atoms with Gasteiger partial charge in [-0.1, -0.05) is 12.8 Å². The van der Waals surface area contributed by atoms with Gasteiger partial charge in [0.25, 0.3) is 0 Å². The van der Waals surface area contributed by atoms with E-state index in [4.69, 9.17) is 5.11 Å². The first kappa shape index (κ1) is 9.97. The van der Waals surface area contributed by atoms with E-state index >= 15 is 0 Å². The summed E-state index contributed by atoms with van der Waals surface area (Å²) < 4.78 is 0. The van der Waals surface area contributed by atoms with Gasteiger partial charge in [0, 0.05) is 6.04 Å². The third-order valence-corrected chi connectivity index (χ3v) is 3.43. The van der Waals surface area contributed by atoms with E-state index in [-0.39, 0.29) is 0 Å². The van der Waals surface area contributed by atoms with Crippen LogP contribution in [-0.4, -0.2) is 35.1 Å². The molecule has 80 valence electrons. The zero-order valence-corrected chi connectivity index (χ0v) is 8.61. The molecule has 14 heavy (non-hydrogen) atoms. The van der Waals surface area contributed by atoms with Gasteiger partial charge in [-0.25, -0.2) is 0 Å². The highest BCUT2D eigenvalue weighted by Gasteiger charge is 2.28. The third kappa shape index (κ3) is 2.71. The highest BCUT2D eigenvalue weighted by atomic mass is 16.4. The van der Waals surface area contributed by atoms with Crippen LogP contribution in [0, 0.1) is 5.92 Å². The molecule has 0 aromatic rings. The molecule has 2 fully saturated rings. The monoisotopic (exact) mass is 197 g/mol. The molecule has 0 aromatic carbocycles. The molecule has 1 unspecified atom stereocenters. The van der Waals surface area contributed by atoms with Gasteiger partial charge < -0.3 is 5.11 Å². The van der Waals surface area contributed by atoms with Gasteiger partial charge in [0.05, 0.1) is 6.42 Å². The van der Waals surface area contributed by atoms with E-state index in [1.165, 1.54) is 25.7 Å². The van der Waals surface area contributed by atoms with Crippen LogP contribution in [0.1, 0.15) is 38.5 Å². The molecule has 0 bridgehead atoms. The van der Waals surface area contributed by atoms with Crippen LogP contribution in [0.5, 0.6) is 0 Å². The number of carboxylic acids is 1. The van der Waals surface area contributed by atoms with Crippen molar-refractivity contribution in [1.29, 1.82) is 0 Å². The fraction of sp³-hybridized carbons (Fsp3) is 0.909. The summed E-state index contributed by atoms with van der Waals surface area (Å²) in [6.07, 6.45) is 6.69. The first-order chi connectivity index (χ1) is 6.75. The van der Waals surface area contributed by atoms with Gasteiger partial charge in [0.15, 0.2) is 0 Å². The van der Waals surface area contributed by atoms with Crippen LogP contribution in [0.4, 0.5) is 0 Å². The van der Waals surface area contributed by atoms with Gasteiger partial charge in [0.1, 0.15) is 0 Å². The fourth-order valence-corrected chi connectivity index (χ4v) is 2.38. The Morgan fingerprint density at radius 3 is 2.79 bits per heavy atom. The van der Waals surface area contributed by atoms with Crippen LogP contribution in [-0.2, 0) is 4.79 Å². The van der Waals surface area contributed by atoms with Crippen LogP contribution in [0.25, 0.3) is 0 Å². The molecule has 0 spiro atoms. The van der Waals surface area contributed by atoms with Crippen molar-refractivity contribution in [2.24, 2.45) is 5.92 Å². The van der Waals surface area contributed by atoms with Crippen molar-refractivity contribution in [2.75, 3.05) is 13.1 Å². The van der Waals surface area contributed by atoms with Crippen LogP contribution >= 0.6 is 0 Å². The molecule has 1 saturated carbocycles. The first-order valence-corrected chi connectivity index (χ1v) is 5.71. The summed E-state index contributed by atoms with van der Waals surface area (Å²) in [4.78, 5) is 13.0. The summed E-state index contributed by atoms with van der Waals surface area (Å²) in [5.41, 5.74) is 0. The molecule has 0 aromatic heterocycles. The summed E-state index contributed by atoms with van der Waals surface area (Å²) in [5.74, 6) is 0.314.